The molecule has 2 N–H and O–H groups in total. The molecule has 7 heteroatoms. The van der Waals surface area contributed by atoms with Crippen LogP contribution in [-0.4, -0.2) is 22.6 Å². The monoisotopic (exact) mass is 294 g/mol. The minimum absolute atomic E-state index is 0.132. The fraction of sp³-hybridized carbons (Fsp3) is 0.154. The largest absolute Gasteiger partial charge is 0.369 e. The Morgan fingerprint density at radius 1 is 1.30 bits per heavy atom. The Bertz CT molecular complexity index is 598. The molecule has 0 unspecified atom stereocenters. The number of aromatic nitrogens is 2. The molecule has 0 saturated heterocycles. The Morgan fingerprint density at radius 2 is 2.10 bits per heavy atom. The van der Waals surface area contributed by atoms with Gasteiger partial charge in [0.2, 0.25) is 0 Å². The van der Waals surface area contributed by atoms with Crippen molar-refractivity contribution in [1.82, 2.24) is 10.2 Å². The number of nitrogens with zero attached hydrogens (tertiary/aromatic N) is 2. The van der Waals surface area contributed by atoms with Crippen LogP contribution in [0, 0.1) is 5.82 Å². The number of benzene rings is 1. The first-order valence-electron chi connectivity index (χ1n) is 5.93. The molecule has 2 rings (SSSR count). The maximum absolute atomic E-state index is 13.1. The lowest BCUT2D eigenvalue weighted by Gasteiger charge is -2.06. The molecule has 0 spiro atoms. The first-order valence-corrected chi connectivity index (χ1v) is 6.31. The number of anilines is 2. The van der Waals surface area contributed by atoms with E-state index in [0.29, 0.717) is 12.4 Å². The predicted molar refractivity (Wildman–Crippen MR) is 75.6 cm³/mol. The zero-order valence-electron chi connectivity index (χ0n) is 10.7. The Hall–Kier alpha value is -2.21. The molecule has 2 aromatic rings. The van der Waals surface area contributed by atoms with Crippen LogP contribution in [0.3, 0.4) is 0 Å². The summed E-state index contributed by atoms with van der Waals surface area (Å²) in [5.74, 6) is -0.429. The van der Waals surface area contributed by atoms with E-state index >= 15 is 0 Å². The third-order valence-corrected chi connectivity index (χ3v) is 2.59. The summed E-state index contributed by atoms with van der Waals surface area (Å²) in [5, 5.41) is 13.3. The molecule has 5 nitrogen and oxygen atoms in total. The van der Waals surface area contributed by atoms with Gasteiger partial charge in [-0.3, -0.25) is 4.79 Å². The number of rotatable bonds is 4. The van der Waals surface area contributed by atoms with Crippen LogP contribution in [0.25, 0.3) is 0 Å². The van der Waals surface area contributed by atoms with Gasteiger partial charge in [0.1, 0.15) is 11.6 Å². The van der Waals surface area contributed by atoms with Crippen molar-refractivity contribution in [2.75, 3.05) is 17.2 Å². The lowest BCUT2D eigenvalue weighted by molar-refractivity contribution is 0.102. The smallest absolute Gasteiger partial charge is 0.276 e. The number of hydrogen-bond acceptors (Lipinski definition) is 4. The number of amides is 1. The van der Waals surface area contributed by atoms with Crippen molar-refractivity contribution in [3.05, 3.63) is 46.9 Å². The average Bonchev–Trinajstić information content (AvgIpc) is 2.38. The molecule has 0 radical (unpaired) electrons. The molecular formula is C13H12ClFN4O. The van der Waals surface area contributed by atoms with Gasteiger partial charge in [0.05, 0.1) is 0 Å². The first-order chi connectivity index (χ1) is 9.58. The SMILES string of the molecule is CCNc1ccc(C(=O)Nc2cc(F)cc(Cl)c2)nn1. The van der Waals surface area contributed by atoms with Crippen molar-refractivity contribution in [1.29, 1.82) is 0 Å². The summed E-state index contributed by atoms with van der Waals surface area (Å²) in [6.45, 7) is 2.64. The van der Waals surface area contributed by atoms with Gasteiger partial charge in [0.25, 0.3) is 5.91 Å². The van der Waals surface area contributed by atoms with E-state index < -0.39 is 11.7 Å². The molecule has 1 aromatic carbocycles. The van der Waals surface area contributed by atoms with E-state index in [-0.39, 0.29) is 16.4 Å². The molecule has 0 fully saturated rings. The summed E-state index contributed by atoms with van der Waals surface area (Å²) in [5.41, 5.74) is 0.393. The normalized spacial score (nSPS) is 10.2. The Balaban J connectivity index is 2.11. The summed E-state index contributed by atoms with van der Waals surface area (Å²) in [6.07, 6.45) is 0. The summed E-state index contributed by atoms with van der Waals surface area (Å²) in [7, 11) is 0. The van der Waals surface area contributed by atoms with Crippen molar-refractivity contribution in [3.8, 4) is 0 Å². The lowest BCUT2D eigenvalue weighted by Crippen LogP contribution is -2.15. The molecule has 0 bridgehead atoms. The van der Waals surface area contributed by atoms with Crippen LogP contribution in [0.15, 0.2) is 30.3 Å². The summed E-state index contributed by atoms with van der Waals surface area (Å²) in [6, 6.07) is 6.95. The van der Waals surface area contributed by atoms with Crippen molar-refractivity contribution >= 4 is 29.0 Å². The second kappa shape index (κ2) is 6.29. The van der Waals surface area contributed by atoms with Crippen LogP contribution >= 0.6 is 11.6 Å². The van der Waals surface area contributed by atoms with Gasteiger partial charge < -0.3 is 10.6 Å². The summed E-state index contributed by atoms with van der Waals surface area (Å²) in [4.78, 5) is 11.9. The van der Waals surface area contributed by atoms with E-state index in [9.17, 15) is 9.18 Å². The van der Waals surface area contributed by atoms with Gasteiger partial charge in [-0.1, -0.05) is 11.6 Å². The second-order valence-corrected chi connectivity index (χ2v) is 4.38. The van der Waals surface area contributed by atoms with E-state index in [2.05, 4.69) is 20.8 Å². The summed E-state index contributed by atoms with van der Waals surface area (Å²) >= 11 is 5.71. The number of carbonyl (C=O) groups is 1. The van der Waals surface area contributed by atoms with Gasteiger partial charge >= 0.3 is 0 Å². The first kappa shape index (κ1) is 14.2. The van der Waals surface area contributed by atoms with Crippen molar-refractivity contribution < 1.29 is 9.18 Å². The quantitative estimate of drug-likeness (QED) is 0.910. The Morgan fingerprint density at radius 3 is 2.70 bits per heavy atom. The maximum Gasteiger partial charge on any atom is 0.276 e. The highest BCUT2D eigenvalue weighted by molar-refractivity contribution is 6.31. The van der Waals surface area contributed by atoms with Crippen molar-refractivity contribution in [3.63, 3.8) is 0 Å². The average molecular weight is 295 g/mol. The zero-order valence-corrected chi connectivity index (χ0v) is 11.4. The standard InChI is InChI=1S/C13H12ClFN4O/c1-2-16-12-4-3-11(18-19-12)13(20)17-10-6-8(14)5-9(15)7-10/h3-7H,2H2,1H3,(H,16,19)(H,17,20). The minimum Gasteiger partial charge on any atom is -0.369 e. The van der Waals surface area contributed by atoms with Gasteiger partial charge in [0.15, 0.2) is 5.69 Å². The third kappa shape index (κ3) is 3.64. The highest BCUT2D eigenvalue weighted by Crippen LogP contribution is 2.18. The van der Waals surface area contributed by atoms with Crippen LogP contribution < -0.4 is 10.6 Å². The number of nitrogens with one attached hydrogen (secondary N) is 2. The van der Waals surface area contributed by atoms with Crippen LogP contribution in [-0.2, 0) is 0 Å². The van der Waals surface area contributed by atoms with E-state index in [1.807, 2.05) is 6.92 Å². The van der Waals surface area contributed by atoms with Gasteiger partial charge in [0, 0.05) is 17.3 Å². The van der Waals surface area contributed by atoms with Crippen LogP contribution in [0.5, 0.6) is 0 Å². The molecular weight excluding hydrogens is 283 g/mol. The van der Waals surface area contributed by atoms with Crippen LogP contribution in [0.4, 0.5) is 15.9 Å². The zero-order chi connectivity index (χ0) is 14.5. The maximum atomic E-state index is 13.1. The fourth-order valence-corrected chi connectivity index (χ4v) is 1.77. The third-order valence-electron chi connectivity index (χ3n) is 2.38. The predicted octanol–water partition coefficient (Wildman–Crippen LogP) is 2.95. The second-order valence-electron chi connectivity index (χ2n) is 3.95. The van der Waals surface area contributed by atoms with Crippen molar-refractivity contribution in [2.45, 2.75) is 6.92 Å². The minimum atomic E-state index is -0.527. The molecule has 1 aromatic heterocycles. The van der Waals surface area contributed by atoms with Crippen LogP contribution in [0.2, 0.25) is 5.02 Å². The fourth-order valence-electron chi connectivity index (χ4n) is 1.55. The molecule has 0 aliphatic heterocycles. The van der Waals surface area contributed by atoms with E-state index in [1.165, 1.54) is 18.2 Å². The highest BCUT2D eigenvalue weighted by Gasteiger charge is 2.09. The topological polar surface area (TPSA) is 66.9 Å². The van der Waals surface area contributed by atoms with E-state index in [0.717, 1.165) is 6.07 Å². The molecule has 20 heavy (non-hydrogen) atoms. The lowest BCUT2D eigenvalue weighted by atomic mass is 10.3. The molecule has 0 atom stereocenters. The van der Waals surface area contributed by atoms with Gasteiger partial charge in [-0.25, -0.2) is 4.39 Å². The number of carbonyl (C=O) groups excluding carboxylic acids is 1. The number of halogens is 2. The Kier molecular flexibility index (Phi) is 4.47. The van der Waals surface area contributed by atoms with Crippen molar-refractivity contribution in [2.24, 2.45) is 0 Å². The highest BCUT2D eigenvalue weighted by atomic mass is 35.5. The molecule has 104 valence electrons. The molecule has 0 aliphatic carbocycles. The van der Waals surface area contributed by atoms with Crippen LogP contribution in [0.1, 0.15) is 17.4 Å². The van der Waals surface area contributed by atoms with Gasteiger partial charge in [-0.05, 0) is 37.3 Å². The molecule has 0 saturated carbocycles. The van der Waals surface area contributed by atoms with Gasteiger partial charge in [-0.15, -0.1) is 10.2 Å². The molecule has 1 heterocycles. The molecule has 1 amide bonds. The molecule has 0 aliphatic rings. The number of hydrogen-bond donors (Lipinski definition) is 2. The van der Waals surface area contributed by atoms with E-state index in [4.69, 9.17) is 11.6 Å². The Labute approximate surface area is 120 Å². The summed E-state index contributed by atoms with van der Waals surface area (Å²) < 4.78 is 13.1. The van der Waals surface area contributed by atoms with E-state index in [1.54, 1.807) is 6.07 Å². The van der Waals surface area contributed by atoms with Gasteiger partial charge in [-0.2, -0.15) is 0 Å².